The monoisotopic (exact) mass is 206 g/mol. The summed E-state index contributed by atoms with van der Waals surface area (Å²) in [5.74, 6) is 0.674. The quantitative estimate of drug-likeness (QED) is 0.694. The van der Waals surface area contributed by atoms with Gasteiger partial charge in [-0.1, -0.05) is 25.7 Å². The normalized spacial score (nSPS) is 27.1. The average molecular weight is 206 g/mol. The Bertz CT molecular complexity index is 217. The molecule has 0 radical (unpaired) electrons. The molecule has 1 saturated heterocycles. The molecule has 0 bridgehead atoms. The van der Waals surface area contributed by atoms with E-state index in [9.17, 15) is 5.26 Å². The van der Waals surface area contributed by atoms with Gasteiger partial charge < -0.3 is 0 Å². The predicted octanol–water partition coefficient (Wildman–Crippen LogP) is 2.94. The Kier molecular flexibility index (Phi) is 4.02. The predicted molar refractivity (Wildman–Crippen MR) is 61.4 cm³/mol. The molecule has 15 heavy (non-hydrogen) atoms. The van der Waals surface area contributed by atoms with Gasteiger partial charge in [-0.05, 0) is 44.7 Å². The molecular weight excluding hydrogens is 184 g/mol. The lowest BCUT2D eigenvalue weighted by Crippen LogP contribution is -2.39. The summed E-state index contributed by atoms with van der Waals surface area (Å²) in [6, 6.07) is 2.79. The third-order valence-corrected chi connectivity index (χ3v) is 4.01. The highest BCUT2D eigenvalue weighted by atomic mass is 15.2. The van der Waals surface area contributed by atoms with Crippen molar-refractivity contribution in [2.45, 2.75) is 57.4 Å². The van der Waals surface area contributed by atoms with Gasteiger partial charge in [-0.15, -0.1) is 0 Å². The van der Waals surface area contributed by atoms with E-state index in [0.717, 1.165) is 13.1 Å². The second-order valence-corrected chi connectivity index (χ2v) is 5.07. The van der Waals surface area contributed by atoms with Gasteiger partial charge in [-0.3, -0.25) is 4.90 Å². The lowest BCUT2D eigenvalue weighted by atomic mass is 9.97. The number of hydrogen-bond acceptors (Lipinski definition) is 2. The van der Waals surface area contributed by atoms with Crippen molar-refractivity contribution in [2.75, 3.05) is 13.1 Å². The second-order valence-electron chi connectivity index (χ2n) is 5.07. The van der Waals surface area contributed by atoms with Gasteiger partial charge in [-0.25, -0.2) is 0 Å². The Morgan fingerprint density at radius 2 is 1.53 bits per heavy atom. The van der Waals surface area contributed by atoms with E-state index in [1.165, 1.54) is 51.4 Å². The second kappa shape index (κ2) is 5.51. The first kappa shape index (κ1) is 11.0. The van der Waals surface area contributed by atoms with Crippen molar-refractivity contribution in [1.29, 1.82) is 5.26 Å². The van der Waals surface area contributed by atoms with Crippen molar-refractivity contribution in [3.63, 3.8) is 0 Å². The molecule has 1 saturated carbocycles. The summed E-state index contributed by atoms with van der Waals surface area (Å²) in [6.45, 7) is 2.32. The Hall–Kier alpha value is -0.550. The molecule has 0 aromatic carbocycles. The Morgan fingerprint density at radius 1 is 0.933 bits per heavy atom. The molecular formula is C13H22N2. The molecule has 2 heteroatoms. The minimum Gasteiger partial charge on any atom is -0.288 e. The van der Waals surface area contributed by atoms with Gasteiger partial charge in [0.05, 0.1) is 6.07 Å². The molecule has 1 aliphatic heterocycles. The van der Waals surface area contributed by atoms with Crippen LogP contribution in [-0.2, 0) is 0 Å². The van der Waals surface area contributed by atoms with Crippen LogP contribution in [0, 0.1) is 17.2 Å². The van der Waals surface area contributed by atoms with Gasteiger partial charge in [-0.2, -0.15) is 5.26 Å². The topological polar surface area (TPSA) is 27.0 Å². The zero-order valence-corrected chi connectivity index (χ0v) is 9.62. The summed E-state index contributed by atoms with van der Waals surface area (Å²) >= 11 is 0. The molecule has 1 heterocycles. The molecule has 0 spiro atoms. The molecule has 2 aliphatic rings. The van der Waals surface area contributed by atoms with Crippen LogP contribution in [0.15, 0.2) is 0 Å². The van der Waals surface area contributed by atoms with Crippen LogP contribution in [0.25, 0.3) is 0 Å². The van der Waals surface area contributed by atoms with Crippen LogP contribution in [-0.4, -0.2) is 24.0 Å². The van der Waals surface area contributed by atoms with Crippen molar-refractivity contribution < 1.29 is 0 Å². The fraction of sp³-hybridized carbons (Fsp3) is 0.923. The summed E-state index contributed by atoms with van der Waals surface area (Å²) in [4.78, 5) is 2.46. The van der Waals surface area contributed by atoms with Crippen LogP contribution in [0.1, 0.15) is 51.4 Å². The molecule has 2 nitrogen and oxygen atoms in total. The molecule has 1 aliphatic carbocycles. The van der Waals surface area contributed by atoms with Crippen molar-refractivity contribution in [1.82, 2.24) is 4.90 Å². The van der Waals surface area contributed by atoms with Gasteiger partial charge in [0, 0.05) is 0 Å². The van der Waals surface area contributed by atoms with Crippen molar-refractivity contribution in [3.8, 4) is 6.07 Å². The fourth-order valence-electron chi connectivity index (χ4n) is 3.13. The molecule has 1 atom stereocenters. The number of hydrogen-bond donors (Lipinski definition) is 0. The largest absolute Gasteiger partial charge is 0.288 e. The van der Waals surface area contributed by atoms with Crippen LogP contribution < -0.4 is 0 Å². The zero-order chi connectivity index (χ0) is 10.5. The highest BCUT2D eigenvalue weighted by Gasteiger charge is 2.29. The highest BCUT2D eigenvalue weighted by Crippen LogP contribution is 2.31. The van der Waals surface area contributed by atoms with E-state index in [2.05, 4.69) is 11.0 Å². The summed E-state index contributed by atoms with van der Waals surface area (Å²) < 4.78 is 0. The molecule has 0 N–H and O–H groups in total. The van der Waals surface area contributed by atoms with E-state index in [1.54, 1.807) is 0 Å². The lowest BCUT2D eigenvalue weighted by molar-refractivity contribution is 0.188. The van der Waals surface area contributed by atoms with E-state index in [-0.39, 0.29) is 6.04 Å². The molecule has 0 aromatic rings. The molecule has 2 rings (SSSR count). The molecule has 1 unspecified atom stereocenters. The Morgan fingerprint density at radius 3 is 2.07 bits per heavy atom. The summed E-state index contributed by atoms with van der Waals surface area (Å²) in [5.41, 5.74) is 0. The van der Waals surface area contributed by atoms with E-state index in [1.807, 2.05) is 0 Å². The zero-order valence-electron chi connectivity index (χ0n) is 9.62. The Labute approximate surface area is 93.3 Å². The van der Waals surface area contributed by atoms with Gasteiger partial charge in [0.25, 0.3) is 0 Å². The van der Waals surface area contributed by atoms with Gasteiger partial charge in [0.1, 0.15) is 6.04 Å². The van der Waals surface area contributed by atoms with Gasteiger partial charge in [0.2, 0.25) is 0 Å². The minimum atomic E-state index is 0.227. The van der Waals surface area contributed by atoms with Gasteiger partial charge in [0.15, 0.2) is 0 Å². The standard InChI is InChI=1S/C13H22N2/c14-11-13(12-7-3-4-8-12)15-9-5-1-2-6-10-15/h12-13H,1-10H2. The van der Waals surface area contributed by atoms with Crippen LogP contribution in [0.3, 0.4) is 0 Å². The summed E-state index contributed by atoms with van der Waals surface area (Å²) in [7, 11) is 0. The van der Waals surface area contributed by atoms with Crippen molar-refractivity contribution in [3.05, 3.63) is 0 Å². The Balaban J connectivity index is 1.94. The molecule has 0 amide bonds. The smallest absolute Gasteiger partial charge is 0.101 e. The number of nitriles is 1. The third-order valence-electron chi connectivity index (χ3n) is 4.01. The molecule has 0 aromatic heterocycles. The van der Waals surface area contributed by atoms with E-state index in [4.69, 9.17) is 0 Å². The SMILES string of the molecule is N#CC(C1CCCC1)N1CCCCCC1. The first-order valence-corrected chi connectivity index (χ1v) is 6.55. The average Bonchev–Trinajstić information content (AvgIpc) is 2.63. The maximum absolute atomic E-state index is 9.34. The number of nitrogens with zero attached hydrogens (tertiary/aromatic N) is 2. The van der Waals surface area contributed by atoms with E-state index in [0.29, 0.717) is 5.92 Å². The van der Waals surface area contributed by atoms with E-state index < -0.39 is 0 Å². The summed E-state index contributed by atoms with van der Waals surface area (Å²) in [6.07, 6.45) is 10.6. The first-order valence-electron chi connectivity index (χ1n) is 6.55. The summed E-state index contributed by atoms with van der Waals surface area (Å²) in [5, 5.41) is 9.34. The fourth-order valence-corrected chi connectivity index (χ4v) is 3.13. The van der Waals surface area contributed by atoms with Crippen LogP contribution in [0.2, 0.25) is 0 Å². The van der Waals surface area contributed by atoms with E-state index >= 15 is 0 Å². The van der Waals surface area contributed by atoms with Crippen LogP contribution in [0.5, 0.6) is 0 Å². The molecule has 84 valence electrons. The molecule has 2 fully saturated rings. The van der Waals surface area contributed by atoms with Crippen LogP contribution >= 0.6 is 0 Å². The third kappa shape index (κ3) is 2.72. The van der Waals surface area contributed by atoms with Crippen molar-refractivity contribution in [2.24, 2.45) is 5.92 Å². The number of rotatable bonds is 2. The maximum atomic E-state index is 9.34. The maximum Gasteiger partial charge on any atom is 0.101 e. The minimum absolute atomic E-state index is 0.227. The highest BCUT2D eigenvalue weighted by molar-refractivity contribution is 4.98. The van der Waals surface area contributed by atoms with Crippen LogP contribution in [0.4, 0.5) is 0 Å². The first-order chi connectivity index (χ1) is 7.42. The van der Waals surface area contributed by atoms with Crippen molar-refractivity contribution >= 4 is 0 Å². The van der Waals surface area contributed by atoms with Gasteiger partial charge >= 0.3 is 0 Å². The lowest BCUT2D eigenvalue weighted by Gasteiger charge is -2.29. The number of likely N-dealkylation sites (tertiary alicyclic amines) is 1.